The van der Waals surface area contributed by atoms with Crippen LogP contribution >= 0.6 is 0 Å². The molecule has 4 aliphatic rings. The molecule has 4 aliphatic carbocycles. The molecule has 0 spiro atoms. The summed E-state index contributed by atoms with van der Waals surface area (Å²) >= 11 is 0. The maximum absolute atomic E-state index is 17.0. The Kier molecular flexibility index (Phi) is 5.36. The van der Waals surface area contributed by atoms with Crippen molar-refractivity contribution in [2.75, 3.05) is 19.8 Å². The third kappa shape index (κ3) is 2.76. The number of aliphatic hydroxyl groups excluding tert-OH is 2. The maximum Gasteiger partial charge on any atom is 0.190 e. The van der Waals surface area contributed by atoms with Gasteiger partial charge in [-0.05, 0) is 56.6 Å². The number of hydrogen-bond acceptors (Lipinski definition) is 6. The van der Waals surface area contributed by atoms with E-state index < -0.39 is 45.8 Å². The summed E-state index contributed by atoms with van der Waals surface area (Å²) in [5.41, 5.74) is -5.12. The first-order valence-corrected chi connectivity index (χ1v) is 11.2. The van der Waals surface area contributed by atoms with E-state index in [1.807, 2.05) is 0 Å². The summed E-state index contributed by atoms with van der Waals surface area (Å²) in [6.07, 6.45) is 4.49. The molecule has 172 valence electrons. The Balaban J connectivity index is 1.73. The average Bonchev–Trinajstić information content (AvgIpc) is 2.91. The summed E-state index contributed by atoms with van der Waals surface area (Å²) < 4.78 is 22.2. The molecular formula is C24H33FO6. The first-order chi connectivity index (χ1) is 14.5. The highest BCUT2D eigenvalue weighted by Crippen LogP contribution is 2.70. The zero-order valence-corrected chi connectivity index (χ0v) is 18.4. The van der Waals surface area contributed by atoms with Gasteiger partial charge in [-0.25, -0.2) is 4.39 Å². The number of carbonyl (C=O) groups is 2. The predicted octanol–water partition coefficient (Wildman–Crippen LogP) is 1.91. The van der Waals surface area contributed by atoms with Crippen molar-refractivity contribution in [1.29, 1.82) is 0 Å². The van der Waals surface area contributed by atoms with E-state index in [4.69, 9.17) is 9.84 Å². The highest BCUT2D eigenvalue weighted by atomic mass is 19.1. The molecule has 0 saturated heterocycles. The second kappa shape index (κ2) is 7.30. The molecule has 0 unspecified atom stereocenters. The van der Waals surface area contributed by atoms with Crippen LogP contribution in [0.5, 0.6) is 0 Å². The van der Waals surface area contributed by atoms with E-state index in [1.54, 1.807) is 26.8 Å². The Morgan fingerprint density at radius 1 is 1.32 bits per heavy atom. The lowest BCUT2D eigenvalue weighted by atomic mass is 9.44. The van der Waals surface area contributed by atoms with Gasteiger partial charge in [-0.15, -0.1) is 0 Å². The molecule has 0 amide bonds. The van der Waals surface area contributed by atoms with Crippen molar-refractivity contribution in [3.63, 3.8) is 0 Å². The van der Waals surface area contributed by atoms with E-state index >= 15 is 4.39 Å². The average molecular weight is 437 g/mol. The minimum atomic E-state index is -1.99. The molecule has 3 fully saturated rings. The summed E-state index contributed by atoms with van der Waals surface area (Å²) in [5, 5.41) is 31.9. The fourth-order valence-electron chi connectivity index (χ4n) is 7.48. The molecule has 0 aromatic rings. The fourth-order valence-corrected chi connectivity index (χ4v) is 7.48. The van der Waals surface area contributed by atoms with Gasteiger partial charge in [-0.2, -0.15) is 0 Å². The topological polar surface area (TPSA) is 104 Å². The maximum atomic E-state index is 17.0. The monoisotopic (exact) mass is 436 g/mol. The third-order valence-electron chi connectivity index (χ3n) is 9.12. The number of ketones is 2. The minimum Gasteiger partial charge on any atom is -0.394 e. The lowest BCUT2D eigenvalue weighted by molar-refractivity contribution is -0.220. The summed E-state index contributed by atoms with van der Waals surface area (Å²) in [6, 6.07) is 0. The van der Waals surface area contributed by atoms with Crippen LogP contribution in [-0.2, 0) is 14.3 Å². The Labute approximate surface area is 182 Å². The molecule has 3 saturated carbocycles. The Hall–Kier alpha value is -1.41. The SMILES string of the molecule is C[C@@H]1C[C@H]2[C@@H]3CCC4=CC(=O)C=C[C@]4(C)[C@@]3(F)[C@@H](O)C[C@]2(C)[C@@]1(O)C(=O)COCCO. The third-order valence-corrected chi connectivity index (χ3v) is 9.12. The number of halogens is 1. The first kappa shape index (κ1) is 22.8. The van der Waals surface area contributed by atoms with Crippen molar-refractivity contribution in [3.8, 4) is 0 Å². The lowest BCUT2D eigenvalue weighted by Crippen LogP contribution is -2.69. The van der Waals surface area contributed by atoms with Gasteiger partial charge in [0.05, 0.1) is 19.3 Å². The van der Waals surface area contributed by atoms with Gasteiger partial charge < -0.3 is 20.1 Å². The summed E-state index contributed by atoms with van der Waals surface area (Å²) in [5.74, 6) is -1.92. The van der Waals surface area contributed by atoms with Crippen molar-refractivity contribution in [2.24, 2.45) is 28.6 Å². The van der Waals surface area contributed by atoms with Crippen LogP contribution in [0.4, 0.5) is 4.39 Å². The van der Waals surface area contributed by atoms with Crippen LogP contribution in [-0.4, -0.2) is 64.1 Å². The molecular weight excluding hydrogens is 403 g/mol. The molecule has 6 nitrogen and oxygen atoms in total. The number of Topliss-reactive ketones (excluding diaryl/α,β-unsaturated/α-hetero) is 1. The van der Waals surface area contributed by atoms with Gasteiger partial charge in [0.1, 0.15) is 12.2 Å². The summed E-state index contributed by atoms with van der Waals surface area (Å²) in [6.45, 7) is 4.78. The molecule has 7 heteroatoms. The second-order valence-electron chi connectivity index (χ2n) is 10.4. The first-order valence-electron chi connectivity index (χ1n) is 11.2. The molecule has 0 bridgehead atoms. The van der Waals surface area contributed by atoms with E-state index in [-0.39, 0.29) is 37.9 Å². The van der Waals surface area contributed by atoms with Crippen molar-refractivity contribution < 1.29 is 34.0 Å². The van der Waals surface area contributed by atoms with Gasteiger partial charge in [-0.3, -0.25) is 9.59 Å². The smallest absolute Gasteiger partial charge is 0.190 e. The van der Waals surface area contributed by atoms with Crippen LogP contribution in [0.25, 0.3) is 0 Å². The Morgan fingerprint density at radius 2 is 2.03 bits per heavy atom. The quantitative estimate of drug-likeness (QED) is 0.569. The molecule has 0 aromatic heterocycles. The van der Waals surface area contributed by atoms with Crippen LogP contribution in [0.2, 0.25) is 0 Å². The molecule has 31 heavy (non-hydrogen) atoms. The van der Waals surface area contributed by atoms with E-state index in [1.165, 1.54) is 12.2 Å². The van der Waals surface area contributed by atoms with Gasteiger partial charge in [0.15, 0.2) is 17.2 Å². The minimum absolute atomic E-state index is 0.00624. The van der Waals surface area contributed by atoms with Crippen LogP contribution in [0, 0.1) is 28.6 Å². The van der Waals surface area contributed by atoms with E-state index in [0.717, 1.165) is 0 Å². The number of fused-ring (bicyclic) bond motifs is 5. The highest BCUT2D eigenvalue weighted by molar-refractivity contribution is 6.01. The Bertz CT molecular complexity index is 853. The van der Waals surface area contributed by atoms with E-state index in [2.05, 4.69) is 0 Å². The number of alkyl halides is 1. The number of ether oxygens (including phenoxy) is 1. The molecule has 8 atom stereocenters. The zero-order chi connectivity index (χ0) is 22.8. The normalized spacial score (nSPS) is 48.6. The van der Waals surface area contributed by atoms with Crippen LogP contribution in [0.3, 0.4) is 0 Å². The highest BCUT2D eigenvalue weighted by Gasteiger charge is 2.75. The Morgan fingerprint density at radius 3 is 2.71 bits per heavy atom. The number of carbonyl (C=O) groups excluding carboxylic acids is 2. The largest absolute Gasteiger partial charge is 0.394 e. The van der Waals surface area contributed by atoms with Gasteiger partial charge >= 0.3 is 0 Å². The molecule has 4 rings (SSSR count). The molecule has 3 N–H and O–H groups in total. The van der Waals surface area contributed by atoms with Crippen molar-refractivity contribution in [3.05, 3.63) is 23.8 Å². The van der Waals surface area contributed by atoms with Crippen molar-refractivity contribution in [1.82, 2.24) is 0 Å². The van der Waals surface area contributed by atoms with Crippen LogP contribution in [0.15, 0.2) is 23.8 Å². The summed E-state index contributed by atoms with van der Waals surface area (Å²) in [4.78, 5) is 25.0. The molecule has 0 radical (unpaired) electrons. The van der Waals surface area contributed by atoms with Crippen LogP contribution in [0.1, 0.15) is 46.5 Å². The lowest BCUT2D eigenvalue weighted by Gasteiger charge is -2.62. The van der Waals surface area contributed by atoms with Gasteiger partial charge in [-0.1, -0.05) is 25.5 Å². The number of rotatable bonds is 5. The van der Waals surface area contributed by atoms with Gasteiger partial charge in [0.25, 0.3) is 0 Å². The van der Waals surface area contributed by atoms with Gasteiger partial charge in [0.2, 0.25) is 0 Å². The van der Waals surface area contributed by atoms with Crippen molar-refractivity contribution in [2.45, 2.75) is 63.8 Å². The van der Waals surface area contributed by atoms with Gasteiger partial charge in [0, 0.05) is 16.7 Å². The zero-order valence-electron chi connectivity index (χ0n) is 18.4. The van der Waals surface area contributed by atoms with Crippen LogP contribution < -0.4 is 0 Å². The number of aliphatic hydroxyl groups is 3. The molecule has 0 aliphatic heterocycles. The standard InChI is InChI=1S/C24H33FO6/c1-14-10-18-17-5-4-15-11-16(27)6-7-21(15,2)23(17,25)19(28)12-22(18,3)24(14,30)20(29)13-31-9-8-26/h6-7,11,14,17-19,26,28,30H,4-5,8-10,12-13H2,1-3H3/t14-,17+,18+,19+,21+,22+,23+,24+/m1/s1. The predicted molar refractivity (Wildman–Crippen MR) is 111 cm³/mol. The number of allylic oxidation sites excluding steroid dienone is 4. The van der Waals surface area contributed by atoms with Crippen molar-refractivity contribution >= 4 is 11.6 Å². The van der Waals surface area contributed by atoms with E-state index in [0.29, 0.717) is 24.8 Å². The van der Waals surface area contributed by atoms with E-state index in [9.17, 15) is 19.8 Å². The fraction of sp³-hybridized carbons (Fsp3) is 0.750. The second-order valence-corrected chi connectivity index (χ2v) is 10.4. The molecule has 0 aromatic carbocycles. The summed E-state index contributed by atoms with van der Waals surface area (Å²) in [7, 11) is 0. The number of hydrogen-bond donors (Lipinski definition) is 3. The molecule has 0 heterocycles.